The van der Waals surface area contributed by atoms with Crippen LogP contribution in [0, 0.1) is 18.2 Å². The van der Waals surface area contributed by atoms with Crippen LogP contribution in [-0.4, -0.2) is 25.8 Å². The van der Waals surface area contributed by atoms with Crippen LogP contribution in [0.1, 0.15) is 13.3 Å². The van der Waals surface area contributed by atoms with Gasteiger partial charge in [-0.3, -0.25) is 0 Å². The van der Waals surface area contributed by atoms with Crippen molar-refractivity contribution in [3.63, 3.8) is 0 Å². The standard InChI is InChI=1S/C12H12Cl2FNO2S/c1-3-7-16(8-4-2)19(17,18)10-6-5-9(13)12(15)11(10)14/h1,5-6H,4,7-8H2,2H3. The molecule has 1 aromatic carbocycles. The zero-order valence-corrected chi connectivity index (χ0v) is 12.5. The Morgan fingerprint density at radius 1 is 1.42 bits per heavy atom. The first kappa shape index (κ1) is 16.3. The maximum Gasteiger partial charge on any atom is 0.245 e. The SMILES string of the molecule is C#CCN(CCC)S(=O)(=O)c1ccc(Cl)c(F)c1Cl. The Morgan fingerprint density at radius 3 is 2.58 bits per heavy atom. The Morgan fingerprint density at radius 2 is 2.05 bits per heavy atom. The van der Waals surface area contributed by atoms with Gasteiger partial charge in [0, 0.05) is 6.54 Å². The smallest absolute Gasteiger partial charge is 0.207 e. The first-order chi connectivity index (χ1) is 8.86. The van der Waals surface area contributed by atoms with Crippen LogP contribution in [0.15, 0.2) is 17.0 Å². The predicted octanol–water partition coefficient (Wildman–Crippen LogP) is 3.17. The predicted molar refractivity (Wildman–Crippen MR) is 74.3 cm³/mol. The van der Waals surface area contributed by atoms with Gasteiger partial charge >= 0.3 is 0 Å². The van der Waals surface area contributed by atoms with Gasteiger partial charge in [0.1, 0.15) is 4.90 Å². The second-order valence-corrected chi connectivity index (χ2v) is 6.41. The van der Waals surface area contributed by atoms with Gasteiger partial charge < -0.3 is 0 Å². The van der Waals surface area contributed by atoms with Gasteiger partial charge in [-0.1, -0.05) is 36.0 Å². The van der Waals surface area contributed by atoms with Crippen LogP contribution in [-0.2, 0) is 10.0 Å². The highest BCUT2D eigenvalue weighted by Crippen LogP contribution is 2.31. The summed E-state index contributed by atoms with van der Waals surface area (Å²) in [5.41, 5.74) is 0. The van der Waals surface area contributed by atoms with Gasteiger partial charge in [0.25, 0.3) is 0 Å². The molecule has 0 atom stereocenters. The van der Waals surface area contributed by atoms with E-state index < -0.39 is 20.9 Å². The van der Waals surface area contributed by atoms with Crippen molar-refractivity contribution in [3.8, 4) is 12.3 Å². The Hall–Kier alpha value is -0.800. The van der Waals surface area contributed by atoms with Crippen molar-refractivity contribution in [2.24, 2.45) is 0 Å². The van der Waals surface area contributed by atoms with Gasteiger partial charge in [-0.25, -0.2) is 12.8 Å². The summed E-state index contributed by atoms with van der Waals surface area (Å²) >= 11 is 11.2. The largest absolute Gasteiger partial charge is 0.245 e. The summed E-state index contributed by atoms with van der Waals surface area (Å²) in [6, 6.07) is 2.32. The van der Waals surface area contributed by atoms with Crippen LogP contribution in [0.3, 0.4) is 0 Å². The van der Waals surface area contributed by atoms with E-state index in [1.165, 1.54) is 6.07 Å². The van der Waals surface area contributed by atoms with Gasteiger partial charge in [0.15, 0.2) is 5.82 Å². The lowest BCUT2D eigenvalue weighted by atomic mass is 10.3. The fourth-order valence-electron chi connectivity index (χ4n) is 1.48. The summed E-state index contributed by atoms with van der Waals surface area (Å²) in [7, 11) is -3.94. The van der Waals surface area contributed by atoms with Crippen LogP contribution < -0.4 is 0 Å². The van der Waals surface area contributed by atoms with Gasteiger partial charge in [-0.05, 0) is 18.6 Å². The summed E-state index contributed by atoms with van der Waals surface area (Å²) < 4.78 is 39.3. The van der Waals surface area contributed by atoms with Crippen molar-refractivity contribution in [2.75, 3.05) is 13.1 Å². The number of hydrogen-bond acceptors (Lipinski definition) is 2. The van der Waals surface area contributed by atoms with Gasteiger partial charge in [0.05, 0.1) is 16.6 Å². The zero-order valence-electron chi connectivity index (χ0n) is 10.2. The fourth-order valence-corrected chi connectivity index (χ4v) is 3.65. The van der Waals surface area contributed by atoms with E-state index in [9.17, 15) is 12.8 Å². The third-order valence-electron chi connectivity index (χ3n) is 2.36. The fraction of sp³-hybridized carbons (Fsp3) is 0.333. The minimum absolute atomic E-state index is 0.100. The molecule has 0 amide bonds. The molecule has 0 saturated carbocycles. The Kier molecular flexibility index (Phi) is 5.63. The maximum absolute atomic E-state index is 13.6. The Balaban J connectivity index is 3.34. The molecule has 7 heteroatoms. The molecule has 3 nitrogen and oxygen atoms in total. The van der Waals surface area contributed by atoms with Crippen LogP contribution >= 0.6 is 23.2 Å². The minimum atomic E-state index is -3.94. The van der Waals surface area contributed by atoms with Crippen LogP contribution in [0.2, 0.25) is 10.0 Å². The molecule has 0 aromatic heterocycles. The van der Waals surface area contributed by atoms with E-state index in [-0.39, 0.29) is 23.0 Å². The number of sulfonamides is 1. The summed E-state index contributed by atoms with van der Waals surface area (Å²) in [5, 5.41) is -0.756. The third kappa shape index (κ3) is 3.40. The molecule has 0 bridgehead atoms. The highest BCUT2D eigenvalue weighted by atomic mass is 35.5. The van der Waals surface area contributed by atoms with E-state index in [2.05, 4.69) is 5.92 Å². The molecule has 0 heterocycles. The molecule has 0 aliphatic rings. The quantitative estimate of drug-likeness (QED) is 0.616. The highest BCUT2D eigenvalue weighted by molar-refractivity contribution is 7.89. The molecule has 0 aliphatic carbocycles. The summed E-state index contributed by atoms with van der Waals surface area (Å²) in [4.78, 5) is -0.334. The minimum Gasteiger partial charge on any atom is -0.207 e. The van der Waals surface area contributed by atoms with Crippen molar-refractivity contribution >= 4 is 33.2 Å². The number of halogens is 3. The summed E-state index contributed by atoms with van der Waals surface area (Å²) in [6.07, 6.45) is 5.72. The Bertz CT molecular complexity index is 611. The highest BCUT2D eigenvalue weighted by Gasteiger charge is 2.27. The Labute approximate surface area is 122 Å². The number of nitrogens with zero attached hydrogens (tertiary/aromatic N) is 1. The van der Waals surface area contributed by atoms with Gasteiger partial charge in [0.2, 0.25) is 10.0 Å². The van der Waals surface area contributed by atoms with Gasteiger partial charge in [-0.2, -0.15) is 4.31 Å². The molecular formula is C12H12Cl2FNO2S. The van der Waals surface area contributed by atoms with Crippen molar-refractivity contribution in [1.82, 2.24) is 4.31 Å². The molecule has 0 unspecified atom stereocenters. The molecule has 19 heavy (non-hydrogen) atoms. The first-order valence-corrected chi connectivity index (χ1v) is 7.63. The van der Waals surface area contributed by atoms with E-state index >= 15 is 0 Å². The average molecular weight is 324 g/mol. The van der Waals surface area contributed by atoms with E-state index in [4.69, 9.17) is 29.6 Å². The van der Waals surface area contributed by atoms with E-state index in [1.54, 1.807) is 0 Å². The first-order valence-electron chi connectivity index (χ1n) is 5.43. The van der Waals surface area contributed by atoms with Crippen molar-refractivity contribution in [3.05, 3.63) is 28.0 Å². The molecule has 0 N–H and O–H groups in total. The van der Waals surface area contributed by atoms with Crippen molar-refractivity contribution in [1.29, 1.82) is 0 Å². The monoisotopic (exact) mass is 323 g/mol. The second kappa shape index (κ2) is 6.58. The summed E-state index contributed by atoms with van der Waals surface area (Å²) in [6.45, 7) is 1.94. The molecule has 0 spiro atoms. The van der Waals surface area contributed by atoms with Crippen LogP contribution in [0.5, 0.6) is 0 Å². The normalized spacial score (nSPS) is 11.6. The summed E-state index contributed by atoms with van der Waals surface area (Å²) in [5.74, 6) is 1.30. The van der Waals surface area contributed by atoms with Gasteiger partial charge in [-0.15, -0.1) is 6.42 Å². The number of terminal acetylenes is 1. The molecule has 0 saturated heterocycles. The van der Waals surface area contributed by atoms with Crippen LogP contribution in [0.25, 0.3) is 0 Å². The maximum atomic E-state index is 13.6. The molecule has 1 aromatic rings. The van der Waals surface area contributed by atoms with Crippen LogP contribution in [0.4, 0.5) is 4.39 Å². The number of hydrogen-bond donors (Lipinski definition) is 0. The lowest BCUT2D eigenvalue weighted by molar-refractivity contribution is 0.445. The third-order valence-corrected chi connectivity index (χ3v) is 5.02. The molecular weight excluding hydrogens is 312 g/mol. The van der Waals surface area contributed by atoms with E-state index in [0.717, 1.165) is 10.4 Å². The number of benzene rings is 1. The van der Waals surface area contributed by atoms with E-state index in [1.807, 2.05) is 6.92 Å². The lowest BCUT2D eigenvalue weighted by Crippen LogP contribution is -2.32. The molecule has 0 aliphatic heterocycles. The second-order valence-electron chi connectivity index (χ2n) is 3.72. The molecule has 104 valence electrons. The number of rotatable bonds is 5. The van der Waals surface area contributed by atoms with Crippen molar-refractivity contribution in [2.45, 2.75) is 18.2 Å². The molecule has 0 radical (unpaired) electrons. The van der Waals surface area contributed by atoms with E-state index in [0.29, 0.717) is 6.42 Å². The lowest BCUT2D eigenvalue weighted by Gasteiger charge is -2.20. The topological polar surface area (TPSA) is 37.4 Å². The molecule has 1 rings (SSSR count). The van der Waals surface area contributed by atoms with Crippen molar-refractivity contribution < 1.29 is 12.8 Å². The molecule has 0 fully saturated rings. The average Bonchev–Trinajstić information content (AvgIpc) is 2.35. The zero-order chi connectivity index (χ0) is 14.6.